The molecule has 0 fully saturated rings. The molecule has 3 nitrogen and oxygen atoms in total. The molecule has 0 spiro atoms. The first-order valence-corrected chi connectivity index (χ1v) is 7.44. The van der Waals surface area contributed by atoms with Crippen molar-refractivity contribution in [1.29, 1.82) is 10.7 Å². The van der Waals surface area contributed by atoms with E-state index < -0.39 is 0 Å². The molecule has 0 unspecified atom stereocenters. The van der Waals surface area contributed by atoms with Crippen LogP contribution in [0.3, 0.4) is 0 Å². The second-order valence-corrected chi connectivity index (χ2v) is 5.21. The third kappa shape index (κ3) is 3.13. The summed E-state index contributed by atoms with van der Waals surface area (Å²) in [4.78, 5) is 1.79. The molecule has 2 aromatic rings. The number of thioether (sulfide) groups is 1. The van der Waals surface area contributed by atoms with Gasteiger partial charge < -0.3 is 0 Å². The van der Waals surface area contributed by atoms with Crippen molar-refractivity contribution in [1.82, 2.24) is 0 Å². The summed E-state index contributed by atoms with van der Waals surface area (Å²) < 4.78 is 0. The van der Waals surface area contributed by atoms with Crippen LogP contribution in [0.25, 0.3) is 0 Å². The van der Waals surface area contributed by atoms with Gasteiger partial charge in [0, 0.05) is 16.4 Å². The SMILES string of the molecule is CSC(=N)N(c1ccc(C#N)cc1)c1cccc(Cl)c1. The first-order valence-electron chi connectivity index (χ1n) is 5.84. The number of amidine groups is 1. The Morgan fingerprint density at radius 2 is 1.90 bits per heavy atom. The highest BCUT2D eigenvalue weighted by atomic mass is 35.5. The van der Waals surface area contributed by atoms with Gasteiger partial charge in [0.15, 0.2) is 5.17 Å². The molecule has 1 N–H and O–H groups in total. The molecule has 0 saturated carbocycles. The van der Waals surface area contributed by atoms with Gasteiger partial charge in [-0.1, -0.05) is 29.4 Å². The Balaban J connectivity index is 2.47. The summed E-state index contributed by atoms with van der Waals surface area (Å²) in [5, 5.41) is 18.0. The van der Waals surface area contributed by atoms with Gasteiger partial charge in [-0.2, -0.15) is 5.26 Å². The van der Waals surface area contributed by atoms with Crippen molar-refractivity contribution in [3.63, 3.8) is 0 Å². The van der Waals surface area contributed by atoms with Gasteiger partial charge in [0.05, 0.1) is 11.6 Å². The highest BCUT2D eigenvalue weighted by Crippen LogP contribution is 2.30. The molecular formula is C15H12ClN3S. The second kappa shape index (κ2) is 6.47. The zero-order chi connectivity index (χ0) is 14.5. The lowest BCUT2D eigenvalue weighted by molar-refractivity contribution is 1.32. The Morgan fingerprint density at radius 3 is 2.45 bits per heavy atom. The standard InChI is InChI=1S/C15H12ClN3S/c1-20-15(18)19(14-4-2-3-12(16)9-14)13-7-5-11(10-17)6-8-13/h2-9,18H,1H3. The van der Waals surface area contributed by atoms with Crippen LogP contribution in [0, 0.1) is 16.7 Å². The Labute approximate surface area is 127 Å². The molecule has 0 radical (unpaired) electrons. The van der Waals surface area contributed by atoms with E-state index in [-0.39, 0.29) is 0 Å². The number of nitrogens with one attached hydrogen (secondary N) is 1. The van der Waals surface area contributed by atoms with Crippen LogP contribution in [-0.2, 0) is 0 Å². The number of nitrogens with zero attached hydrogens (tertiary/aromatic N) is 2. The molecule has 0 aromatic heterocycles. The van der Waals surface area contributed by atoms with Gasteiger partial charge in [0.2, 0.25) is 0 Å². The fraction of sp³-hybridized carbons (Fsp3) is 0.0667. The molecule has 0 heterocycles. The van der Waals surface area contributed by atoms with E-state index in [9.17, 15) is 0 Å². The monoisotopic (exact) mass is 301 g/mol. The average Bonchev–Trinajstić information content (AvgIpc) is 2.48. The van der Waals surface area contributed by atoms with E-state index in [0.29, 0.717) is 15.8 Å². The summed E-state index contributed by atoms with van der Waals surface area (Å²) >= 11 is 7.36. The molecule has 0 bridgehead atoms. The minimum atomic E-state index is 0.386. The van der Waals surface area contributed by atoms with E-state index in [1.165, 1.54) is 11.8 Å². The van der Waals surface area contributed by atoms with Crippen molar-refractivity contribution < 1.29 is 0 Å². The summed E-state index contributed by atoms with van der Waals surface area (Å²) in [5.74, 6) is 0. The van der Waals surface area contributed by atoms with Gasteiger partial charge in [-0.15, -0.1) is 0 Å². The van der Waals surface area contributed by atoms with Gasteiger partial charge in [0.1, 0.15) is 0 Å². The molecule has 20 heavy (non-hydrogen) atoms. The van der Waals surface area contributed by atoms with E-state index in [1.807, 2.05) is 36.6 Å². The smallest absolute Gasteiger partial charge is 0.165 e. The van der Waals surface area contributed by atoms with Crippen molar-refractivity contribution in [3.05, 3.63) is 59.1 Å². The molecule has 0 aliphatic rings. The van der Waals surface area contributed by atoms with E-state index in [1.54, 1.807) is 23.1 Å². The number of halogens is 1. The first-order chi connectivity index (χ1) is 9.65. The maximum absolute atomic E-state index is 8.85. The predicted octanol–water partition coefficient (Wildman–Crippen LogP) is 4.65. The summed E-state index contributed by atoms with van der Waals surface area (Å²) in [6.45, 7) is 0. The fourth-order valence-corrected chi connectivity index (χ4v) is 2.35. The number of benzene rings is 2. The van der Waals surface area contributed by atoms with Crippen LogP contribution in [0.4, 0.5) is 11.4 Å². The van der Waals surface area contributed by atoms with E-state index in [0.717, 1.165) is 11.4 Å². The Bertz CT molecular complexity index is 662. The number of hydrogen-bond acceptors (Lipinski definition) is 3. The predicted molar refractivity (Wildman–Crippen MR) is 86.0 cm³/mol. The molecule has 0 atom stereocenters. The van der Waals surface area contributed by atoms with Crippen LogP contribution in [0.5, 0.6) is 0 Å². The van der Waals surface area contributed by atoms with Crippen LogP contribution in [0.15, 0.2) is 48.5 Å². The number of hydrogen-bond donors (Lipinski definition) is 1. The van der Waals surface area contributed by atoms with Gasteiger partial charge in [-0.3, -0.25) is 10.3 Å². The molecule has 0 aliphatic heterocycles. The van der Waals surface area contributed by atoms with Crippen molar-refractivity contribution in [2.24, 2.45) is 0 Å². The van der Waals surface area contributed by atoms with E-state index in [4.69, 9.17) is 22.3 Å². The van der Waals surface area contributed by atoms with Crippen LogP contribution in [0.2, 0.25) is 5.02 Å². The number of nitriles is 1. The quantitative estimate of drug-likeness (QED) is 0.649. The molecule has 2 aromatic carbocycles. The first kappa shape index (κ1) is 14.4. The van der Waals surface area contributed by atoms with Crippen LogP contribution >= 0.6 is 23.4 Å². The topological polar surface area (TPSA) is 50.9 Å². The Morgan fingerprint density at radius 1 is 1.20 bits per heavy atom. The molecule has 5 heteroatoms. The molecular weight excluding hydrogens is 290 g/mol. The van der Waals surface area contributed by atoms with Crippen LogP contribution in [0.1, 0.15) is 5.56 Å². The highest BCUT2D eigenvalue weighted by Gasteiger charge is 2.14. The van der Waals surface area contributed by atoms with Gasteiger partial charge in [0.25, 0.3) is 0 Å². The molecule has 0 aliphatic carbocycles. The van der Waals surface area contributed by atoms with Gasteiger partial charge >= 0.3 is 0 Å². The zero-order valence-electron chi connectivity index (χ0n) is 10.8. The normalized spacial score (nSPS) is 9.85. The minimum Gasteiger partial charge on any atom is -0.290 e. The Kier molecular flexibility index (Phi) is 4.67. The average molecular weight is 302 g/mol. The van der Waals surface area contributed by atoms with Crippen LogP contribution < -0.4 is 4.90 Å². The largest absolute Gasteiger partial charge is 0.290 e. The lowest BCUT2D eigenvalue weighted by Crippen LogP contribution is -2.21. The third-order valence-electron chi connectivity index (χ3n) is 2.72. The van der Waals surface area contributed by atoms with Gasteiger partial charge in [-0.05, 0) is 48.7 Å². The summed E-state index contributed by atoms with van der Waals surface area (Å²) in [6.07, 6.45) is 1.85. The maximum atomic E-state index is 8.85. The lowest BCUT2D eigenvalue weighted by atomic mass is 10.2. The number of rotatable bonds is 2. The molecule has 0 saturated heterocycles. The highest BCUT2D eigenvalue weighted by molar-refractivity contribution is 8.13. The van der Waals surface area contributed by atoms with Crippen molar-refractivity contribution in [3.8, 4) is 6.07 Å². The second-order valence-electron chi connectivity index (χ2n) is 3.98. The summed E-state index contributed by atoms with van der Waals surface area (Å²) in [7, 11) is 0. The fourth-order valence-electron chi connectivity index (χ4n) is 1.78. The van der Waals surface area contributed by atoms with E-state index in [2.05, 4.69) is 6.07 Å². The maximum Gasteiger partial charge on any atom is 0.165 e. The van der Waals surface area contributed by atoms with Crippen molar-refractivity contribution in [2.45, 2.75) is 0 Å². The third-order valence-corrected chi connectivity index (χ3v) is 3.52. The Hall–Kier alpha value is -1.96. The summed E-state index contributed by atoms with van der Waals surface area (Å²) in [6, 6.07) is 16.6. The summed E-state index contributed by atoms with van der Waals surface area (Å²) in [5.41, 5.74) is 2.24. The minimum absolute atomic E-state index is 0.386. The van der Waals surface area contributed by atoms with Crippen LogP contribution in [-0.4, -0.2) is 11.4 Å². The molecule has 100 valence electrons. The molecule has 2 rings (SSSR count). The van der Waals surface area contributed by atoms with Crippen molar-refractivity contribution in [2.75, 3.05) is 11.2 Å². The molecule has 0 amide bonds. The number of anilines is 2. The lowest BCUT2D eigenvalue weighted by Gasteiger charge is -2.24. The van der Waals surface area contributed by atoms with Crippen molar-refractivity contribution >= 4 is 39.9 Å². The van der Waals surface area contributed by atoms with Gasteiger partial charge in [-0.25, -0.2) is 0 Å². The van der Waals surface area contributed by atoms with E-state index >= 15 is 0 Å². The zero-order valence-corrected chi connectivity index (χ0v) is 12.4.